The first-order valence-corrected chi connectivity index (χ1v) is 10.3. The number of aromatic amines is 1. The molecule has 2 aromatic heterocycles. The maximum absolute atomic E-state index is 6.52. The molecule has 29 heavy (non-hydrogen) atoms. The van der Waals surface area contributed by atoms with Crippen molar-refractivity contribution in [1.82, 2.24) is 19.7 Å². The Bertz CT molecular complexity index is 1170. The molecule has 0 fully saturated rings. The highest BCUT2D eigenvalue weighted by atomic mass is 35.5. The lowest BCUT2D eigenvalue weighted by atomic mass is 10.1. The predicted molar refractivity (Wildman–Crippen MR) is 120 cm³/mol. The van der Waals surface area contributed by atoms with Crippen molar-refractivity contribution >= 4 is 34.8 Å². The van der Waals surface area contributed by atoms with E-state index < -0.39 is 0 Å². The lowest BCUT2D eigenvalue weighted by Gasteiger charge is -2.11. The SMILES string of the molecule is Cc1c(-c2cnc(C(C)C)[nH]2)nn(-c2ccc(Cl)cc2Cl)c1-c1ccc(Cl)cc1. The minimum atomic E-state index is 0.299. The molecule has 0 bridgehead atoms. The Morgan fingerprint density at radius 2 is 1.66 bits per heavy atom. The van der Waals surface area contributed by atoms with Crippen molar-refractivity contribution in [2.45, 2.75) is 26.7 Å². The first kappa shape index (κ1) is 20.0. The molecular weight excluding hydrogens is 427 g/mol. The van der Waals surface area contributed by atoms with Crippen LogP contribution in [0.3, 0.4) is 0 Å². The molecular formula is C22H19Cl3N4. The molecule has 0 aliphatic rings. The molecule has 0 amide bonds. The van der Waals surface area contributed by atoms with E-state index in [1.54, 1.807) is 12.1 Å². The summed E-state index contributed by atoms with van der Waals surface area (Å²) < 4.78 is 1.85. The third kappa shape index (κ3) is 3.80. The van der Waals surface area contributed by atoms with Crippen LogP contribution in [0.4, 0.5) is 0 Å². The number of H-pyrrole nitrogens is 1. The fraction of sp³-hybridized carbons (Fsp3) is 0.182. The molecule has 148 valence electrons. The molecule has 7 heteroatoms. The third-order valence-electron chi connectivity index (χ3n) is 4.78. The van der Waals surface area contributed by atoms with Gasteiger partial charge in [-0.1, -0.05) is 60.8 Å². The highest BCUT2D eigenvalue weighted by Gasteiger charge is 2.21. The number of rotatable bonds is 4. The van der Waals surface area contributed by atoms with Gasteiger partial charge in [0.1, 0.15) is 11.5 Å². The molecule has 0 aliphatic carbocycles. The zero-order chi connectivity index (χ0) is 20.7. The fourth-order valence-electron chi connectivity index (χ4n) is 3.28. The molecule has 4 rings (SSSR count). The molecule has 0 radical (unpaired) electrons. The van der Waals surface area contributed by atoms with Gasteiger partial charge in [-0.25, -0.2) is 9.67 Å². The molecule has 0 saturated carbocycles. The van der Waals surface area contributed by atoms with Gasteiger partial charge < -0.3 is 4.98 Å². The van der Waals surface area contributed by atoms with E-state index in [9.17, 15) is 0 Å². The van der Waals surface area contributed by atoms with Crippen LogP contribution < -0.4 is 0 Å². The predicted octanol–water partition coefficient (Wildman–Crippen LogP) is 7.32. The number of hydrogen-bond donors (Lipinski definition) is 1. The van der Waals surface area contributed by atoms with E-state index in [4.69, 9.17) is 39.9 Å². The average Bonchev–Trinajstić information content (AvgIpc) is 3.28. The zero-order valence-electron chi connectivity index (χ0n) is 16.2. The van der Waals surface area contributed by atoms with Crippen LogP contribution in [0.2, 0.25) is 15.1 Å². The van der Waals surface area contributed by atoms with Crippen LogP contribution in [0.15, 0.2) is 48.7 Å². The van der Waals surface area contributed by atoms with Gasteiger partial charge in [0, 0.05) is 27.1 Å². The molecule has 0 aliphatic heterocycles. The van der Waals surface area contributed by atoms with Gasteiger partial charge in [-0.3, -0.25) is 0 Å². The maximum atomic E-state index is 6.52. The number of benzene rings is 2. The Morgan fingerprint density at radius 1 is 0.966 bits per heavy atom. The summed E-state index contributed by atoms with van der Waals surface area (Å²) in [5.41, 5.74) is 5.36. The van der Waals surface area contributed by atoms with Crippen molar-refractivity contribution in [3.63, 3.8) is 0 Å². The normalized spacial score (nSPS) is 11.4. The second kappa shape index (κ2) is 7.86. The number of halogens is 3. The molecule has 0 unspecified atom stereocenters. The van der Waals surface area contributed by atoms with Crippen LogP contribution >= 0.6 is 34.8 Å². The van der Waals surface area contributed by atoms with Gasteiger partial charge in [0.15, 0.2) is 0 Å². The van der Waals surface area contributed by atoms with Crippen LogP contribution in [-0.2, 0) is 0 Å². The van der Waals surface area contributed by atoms with E-state index in [1.165, 1.54) is 0 Å². The number of nitrogens with one attached hydrogen (secondary N) is 1. The molecule has 2 heterocycles. The van der Waals surface area contributed by atoms with Crippen molar-refractivity contribution in [2.75, 3.05) is 0 Å². The molecule has 0 spiro atoms. The zero-order valence-corrected chi connectivity index (χ0v) is 18.4. The van der Waals surface area contributed by atoms with E-state index in [0.717, 1.165) is 39.7 Å². The van der Waals surface area contributed by atoms with Gasteiger partial charge in [0.05, 0.1) is 28.3 Å². The average molecular weight is 446 g/mol. The van der Waals surface area contributed by atoms with E-state index in [0.29, 0.717) is 21.0 Å². The summed E-state index contributed by atoms with van der Waals surface area (Å²) in [5.74, 6) is 1.22. The minimum Gasteiger partial charge on any atom is -0.340 e. The maximum Gasteiger partial charge on any atom is 0.114 e. The minimum absolute atomic E-state index is 0.299. The molecule has 4 nitrogen and oxygen atoms in total. The van der Waals surface area contributed by atoms with Crippen molar-refractivity contribution in [3.05, 3.63) is 75.1 Å². The van der Waals surface area contributed by atoms with Gasteiger partial charge in [-0.2, -0.15) is 5.10 Å². The van der Waals surface area contributed by atoms with Crippen LogP contribution in [0.5, 0.6) is 0 Å². The highest BCUT2D eigenvalue weighted by molar-refractivity contribution is 6.35. The molecule has 1 N–H and O–H groups in total. The Labute approximate surface area is 184 Å². The Hall–Kier alpha value is -2.27. The van der Waals surface area contributed by atoms with E-state index in [1.807, 2.05) is 48.1 Å². The van der Waals surface area contributed by atoms with E-state index in [-0.39, 0.29) is 0 Å². The summed E-state index contributed by atoms with van der Waals surface area (Å²) in [7, 11) is 0. The standard InChI is InChI=1S/C22H19Cl3N4/c1-12(2)22-26-11-18(27-22)20-13(3)21(14-4-6-15(23)7-5-14)29(28-20)19-9-8-16(24)10-17(19)25/h4-12H,1-3H3,(H,26,27). The van der Waals surface area contributed by atoms with Crippen molar-refractivity contribution in [1.29, 1.82) is 0 Å². The summed E-state index contributed by atoms with van der Waals surface area (Å²) in [6.07, 6.45) is 1.82. The number of aromatic nitrogens is 4. The van der Waals surface area contributed by atoms with E-state index >= 15 is 0 Å². The summed E-state index contributed by atoms with van der Waals surface area (Å²) in [6, 6.07) is 13.1. The summed E-state index contributed by atoms with van der Waals surface area (Å²) in [6.45, 7) is 6.24. The Morgan fingerprint density at radius 3 is 2.28 bits per heavy atom. The lowest BCUT2D eigenvalue weighted by Crippen LogP contribution is -2.00. The van der Waals surface area contributed by atoms with Gasteiger partial charge in [0.25, 0.3) is 0 Å². The van der Waals surface area contributed by atoms with Gasteiger partial charge in [-0.15, -0.1) is 0 Å². The van der Waals surface area contributed by atoms with Crippen LogP contribution in [0.1, 0.15) is 31.2 Å². The van der Waals surface area contributed by atoms with Crippen LogP contribution in [-0.4, -0.2) is 19.7 Å². The first-order chi connectivity index (χ1) is 13.8. The number of nitrogens with zero attached hydrogens (tertiary/aromatic N) is 3. The summed E-state index contributed by atoms with van der Waals surface area (Å²) in [5, 5.41) is 6.67. The monoisotopic (exact) mass is 444 g/mol. The highest BCUT2D eigenvalue weighted by Crippen LogP contribution is 2.36. The number of imidazole rings is 1. The van der Waals surface area contributed by atoms with Gasteiger partial charge >= 0.3 is 0 Å². The van der Waals surface area contributed by atoms with E-state index in [2.05, 4.69) is 23.8 Å². The van der Waals surface area contributed by atoms with Crippen molar-refractivity contribution in [2.24, 2.45) is 0 Å². The van der Waals surface area contributed by atoms with Crippen molar-refractivity contribution < 1.29 is 0 Å². The third-order valence-corrected chi connectivity index (χ3v) is 5.57. The smallest absolute Gasteiger partial charge is 0.114 e. The second-order valence-electron chi connectivity index (χ2n) is 7.17. The van der Waals surface area contributed by atoms with Crippen LogP contribution in [0.25, 0.3) is 28.3 Å². The van der Waals surface area contributed by atoms with Gasteiger partial charge in [-0.05, 0) is 37.3 Å². The Kier molecular flexibility index (Phi) is 5.43. The fourth-order valence-corrected chi connectivity index (χ4v) is 3.89. The Balaban J connectivity index is 1.96. The van der Waals surface area contributed by atoms with Gasteiger partial charge in [0.2, 0.25) is 0 Å². The summed E-state index contributed by atoms with van der Waals surface area (Å²) in [4.78, 5) is 7.88. The summed E-state index contributed by atoms with van der Waals surface area (Å²) >= 11 is 18.7. The largest absolute Gasteiger partial charge is 0.340 e. The topological polar surface area (TPSA) is 46.5 Å². The molecule has 0 saturated heterocycles. The number of hydrogen-bond acceptors (Lipinski definition) is 2. The lowest BCUT2D eigenvalue weighted by molar-refractivity contribution is 0.794. The quantitative estimate of drug-likeness (QED) is 0.357. The second-order valence-corrected chi connectivity index (χ2v) is 8.45. The molecule has 2 aromatic carbocycles. The van der Waals surface area contributed by atoms with Crippen molar-refractivity contribution in [3.8, 4) is 28.3 Å². The first-order valence-electron chi connectivity index (χ1n) is 9.21. The molecule has 0 atom stereocenters. The molecule has 4 aromatic rings. The van der Waals surface area contributed by atoms with Crippen LogP contribution in [0, 0.1) is 6.92 Å².